The van der Waals surface area contributed by atoms with E-state index in [1.807, 2.05) is 67.0 Å². The second-order valence-electron chi connectivity index (χ2n) is 7.25. The summed E-state index contributed by atoms with van der Waals surface area (Å²) in [4.78, 5) is 20.4. The van der Waals surface area contributed by atoms with Gasteiger partial charge in [-0.2, -0.15) is 0 Å². The molecule has 0 spiro atoms. The van der Waals surface area contributed by atoms with Crippen LogP contribution in [-0.2, 0) is 10.2 Å². The largest absolute Gasteiger partial charge is 0.361 e. The van der Waals surface area contributed by atoms with Gasteiger partial charge < -0.3 is 15.3 Å². The fraction of sp³-hybridized carbons (Fsp3) is 0.0417. The molecule has 2 aromatic heterocycles. The van der Waals surface area contributed by atoms with Crippen molar-refractivity contribution in [2.75, 3.05) is 5.32 Å². The van der Waals surface area contributed by atoms with Gasteiger partial charge in [0, 0.05) is 56.6 Å². The quantitative estimate of drug-likeness (QED) is 0.409. The number of anilines is 1. The Labute approximate surface area is 161 Å². The van der Waals surface area contributed by atoms with Crippen LogP contribution in [0.1, 0.15) is 16.7 Å². The molecule has 4 nitrogen and oxygen atoms in total. The van der Waals surface area contributed by atoms with Gasteiger partial charge in [-0.3, -0.25) is 4.79 Å². The highest BCUT2D eigenvalue weighted by atomic mass is 16.2. The number of nitrogens with one attached hydrogen (secondary N) is 3. The van der Waals surface area contributed by atoms with Crippen LogP contribution in [0.2, 0.25) is 0 Å². The van der Waals surface area contributed by atoms with E-state index in [1.165, 1.54) is 0 Å². The van der Waals surface area contributed by atoms with Crippen LogP contribution in [0.5, 0.6) is 0 Å². The maximum Gasteiger partial charge on any atom is 0.244 e. The fourth-order valence-corrected chi connectivity index (χ4v) is 4.70. The molecular formula is C24H17N3O. The van der Waals surface area contributed by atoms with Gasteiger partial charge in [-0.1, -0.05) is 54.6 Å². The molecule has 134 valence electrons. The average Bonchev–Trinajstić information content (AvgIpc) is 3.42. The van der Waals surface area contributed by atoms with Crippen LogP contribution in [-0.4, -0.2) is 15.9 Å². The summed E-state index contributed by atoms with van der Waals surface area (Å²) in [6.07, 6.45) is 3.96. The van der Waals surface area contributed by atoms with E-state index >= 15 is 0 Å². The third kappa shape index (κ3) is 1.77. The van der Waals surface area contributed by atoms with E-state index < -0.39 is 5.41 Å². The molecule has 1 aliphatic rings. The first-order valence-electron chi connectivity index (χ1n) is 9.34. The van der Waals surface area contributed by atoms with Gasteiger partial charge in [0.05, 0.1) is 0 Å². The van der Waals surface area contributed by atoms with Crippen molar-refractivity contribution in [3.8, 4) is 0 Å². The minimum Gasteiger partial charge on any atom is -0.361 e. The highest BCUT2D eigenvalue weighted by Crippen LogP contribution is 2.51. The number of amides is 1. The molecule has 0 fully saturated rings. The molecule has 3 aromatic carbocycles. The maximum absolute atomic E-state index is 13.7. The molecule has 1 amide bonds. The normalized spacial score (nSPS) is 15.1. The van der Waals surface area contributed by atoms with Gasteiger partial charge in [-0.15, -0.1) is 0 Å². The van der Waals surface area contributed by atoms with Crippen molar-refractivity contribution in [1.29, 1.82) is 0 Å². The lowest BCUT2D eigenvalue weighted by atomic mass is 9.70. The number of aromatic amines is 2. The Morgan fingerprint density at radius 1 is 0.607 bits per heavy atom. The molecule has 3 N–H and O–H groups in total. The van der Waals surface area contributed by atoms with Crippen molar-refractivity contribution in [2.24, 2.45) is 0 Å². The molecular weight excluding hydrogens is 346 g/mol. The minimum atomic E-state index is -0.921. The van der Waals surface area contributed by atoms with Gasteiger partial charge >= 0.3 is 0 Å². The van der Waals surface area contributed by atoms with E-state index in [4.69, 9.17) is 0 Å². The second kappa shape index (κ2) is 5.36. The zero-order valence-electron chi connectivity index (χ0n) is 15.0. The van der Waals surface area contributed by atoms with Gasteiger partial charge in [-0.05, 0) is 18.2 Å². The summed E-state index contributed by atoms with van der Waals surface area (Å²) in [6, 6.07) is 24.3. The predicted octanol–water partition coefficient (Wildman–Crippen LogP) is 4.94. The highest BCUT2D eigenvalue weighted by Gasteiger charge is 2.51. The number of benzene rings is 3. The van der Waals surface area contributed by atoms with E-state index in [-0.39, 0.29) is 5.91 Å². The Bertz CT molecular complexity index is 1300. The van der Waals surface area contributed by atoms with Crippen LogP contribution in [0.4, 0.5) is 5.69 Å². The monoisotopic (exact) mass is 363 g/mol. The first-order chi connectivity index (χ1) is 13.8. The lowest BCUT2D eigenvalue weighted by Gasteiger charge is -2.27. The number of para-hydroxylation sites is 3. The van der Waals surface area contributed by atoms with Crippen molar-refractivity contribution >= 4 is 33.4 Å². The SMILES string of the molecule is O=C1Nc2ccccc2C1(c1c[nH]c2ccccc12)c1c[nH]c2ccccc12. The van der Waals surface area contributed by atoms with Crippen molar-refractivity contribution in [3.05, 3.63) is 102 Å². The number of fused-ring (bicyclic) bond motifs is 3. The molecule has 28 heavy (non-hydrogen) atoms. The summed E-state index contributed by atoms with van der Waals surface area (Å²) in [5, 5.41) is 5.24. The standard InChI is InChI=1S/C24H17N3O/c28-23-24(17-9-3-6-12-22(17)27-23,18-13-25-20-10-4-1-7-15(18)20)19-14-26-21-11-5-2-8-16(19)21/h1-14,25-26H,(H,27,28). The molecule has 0 aliphatic carbocycles. The first kappa shape index (κ1) is 15.3. The molecule has 1 aliphatic heterocycles. The first-order valence-corrected chi connectivity index (χ1v) is 9.34. The molecule has 3 heterocycles. The highest BCUT2D eigenvalue weighted by molar-refractivity contribution is 6.15. The van der Waals surface area contributed by atoms with E-state index in [9.17, 15) is 4.79 Å². The van der Waals surface area contributed by atoms with Crippen LogP contribution in [0.3, 0.4) is 0 Å². The zero-order valence-corrected chi connectivity index (χ0v) is 15.0. The summed E-state index contributed by atoms with van der Waals surface area (Å²) >= 11 is 0. The Kier molecular flexibility index (Phi) is 2.93. The fourth-order valence-electron chi connectivity index (χ4n) is 4.70. The van der Waals surface area contributed by atoms with Crippen LogP contribution in [0, 0.1) is 0 Å². The summed E-state index contributed by atoms with van der Waals surface area (Å²) in [7, 11) is 0. The Balaban J connectivity index is 1.80. The van der Waals surface area contributed by atoms with Gasteiger partial charge in [0.15, 0.2) is 0 Å². The van der Waals surface area contributed by atoms with Gasteiger partial charge in [0.2, 0.25) is 5.91 Å². The summed E-state index contributed by atoms with van der Waals surface area (Å²) in [5.74, 6) is -0.0248. The number of carbonyl (C=O) groups is 1. The Morgan fingerprint density at radius 3 is 1.79 bits per heavy atom. The third-order valence-corrected chi connectivity index (χ3v) is 5.91. The Hall–Kier alpha value is -3.79. The number of hydrogen-bond acceptors (Lipinski definition) is 1. The molecule has 6 rings (SSSR count). The molecule has 0 unspecified atom stereocenters. The van der Waals surface area contributed by atoms with Crippen molar-refractivity contribution in [3.63, 3.8) is 0 Å². The van der Waals surface area contributed by atoms with Crippen molar-refractivity contribution < 1.29 is 4.79 Å². The van der Waals surface area contributed by atoms with Crippen LogP contribution in [0.15, 0.2) is 85.2 Å². The molecule has 0 atom stereocenters. The summed E-state index contributed by atoms with van der Waals surface area (Å²) < 4.78 is 0. The number of carbonyl (C=O) groups excluding carboxylic acids is 1. The smallest absolute Gasteiger partial charge is 0.244 e. The predicted molar refractivity (Wildman–Crippen MR) is 112 cm³/mol. The van der Waals surface area contributed by atoms with E-state index in [2.05, 4.69) is 33.5 Å². The third-order valence-electron chi connectivity index (χ3n) is 5.91. The maximum atomic E-state index is 13.7. The minimum absolute atomic E-state index is 0.0248. The lowest BCUT2D eigenvalue weighted by Crippen LogP contribution is -2.36. The van der Waals surface area contributed by atoms with Crippen LogP contribution < -0.4 is 5.32 Å². The van der Waals surface area contributed by atoms with Gasteiger partial charge in [0.1, 0.15) is 5.41 Å². The summed E-state index contributed by atoms with van der Waals surface area (Å²) in [5.41, 5.74) is 4.90. The van der Waals surface area contributed by atoms with E-state index in [0.717, 1.165) is 44.2 Å². The molecule has 0 bridgehead atoms. The number of H-pyrrole nitrogens is 2. The average molecular weight is 363 g/mol. The number of hydrogen-bond donors (Lipinski definition) is 3. The van der Waals surface area contributed by atoms with Crippen molar-refractivity contribution in [2.45, 2.75) is 5.41 Å². The molecule has 0 saturated heterocycles. The Morgan fingerprint density at radius 2 is 1.14 bits per heavy atom. The topological polar surface area (TPSA) is 60.7 Å². The molecule has 4 heteroatoms. The van der Waals surface area contributed by atoms with E-state index in [0.29, 0.717) is 0 Å². The number of rotatable bonds is 2. The van der Waals surface area contributed by atoms with E-state index in [1.54, 1.807) is 0 Å². The molecule has 5 aromatic rings. The number of aromatic nitrogens is 2. The molecule has 0 radical (unpaired) electrons. The van der Waals surface area contributed by atoms with Crippen LogP contribution in [0.25, 0.3) is 21.8 Å². The van der Waals surface area contributed by atoms with Crippen LogP contribution >= 0.6 is 0 Å². The zero-order chi connectivity index (χ0) is 18.7. The van der Waals surface area contributed by atoms with Gasteiger partial charge in [0.25, 0.3) is 0 Å². The summed E-state index contributed by atoms with van der Waals surface area (Å²) in [6.45, 7) is 0. The van der Waals surface area contributed by atoms with Crippen molar-refractivity contribution in [1.82, 2.24) is 9.97 Å². The lowest BCUT2D eigenvalue weighted by molar-refractivity contribution is -0.118. The molecule has 0 saturated carbocycles. The second-order valence-corrected chi connectivity index (χ2v) is 7.25. The van der Waals surface area contributed by atoms with Gasteiger partial charge in [-0.25, -0.2) is 0 Å².